The van der Waals surface area contributed by atoms with Crippen molar-refractivity contribution in [2.24, 2.45) is 0 Å². The third-order valence-corrected chi connectivity index (χ3v) is 2.26. The highest BCUT2D eigenvalue weighted by molar-refractivity contribution is 7.90. The Morgan fingerprint density at radius 2 is 1.92 bits per heavy atom. The van der Waals surface area contributed by atoms with Crippen molar-refractivity contribution in [3.63, 3.8) is 0 Å². The first-order valence-corrected chi connectivity index (χ1v) is 5.58. The molecular weight excluding hydrogens is 188 g/mol. The Bertz CT molecular complexity index is 216. The summed E-state index contributed by atoms with van der Waals surface area (Å²) in [6.45, 7) is 1.39. The SMILES string of the molecule is CC(NCCS(C)(=O)=O)C(F)F. The van der Waals surface area contributed by atoms with Gasteiger partial charge < -0.3 is 5.32 Å². The fourth-order valence-electron chi connectivity index (χ4n) is 0.561. The average Bonchev–Trinajstić information content (AvgIpc) is 1.84. The number of sulfone groups is 1. The molecule has 0 amide bonds. The van der Waals surface area contributed by atoms with Gasteiger partial charge in [-0.2, -0.15) is 0 Å². The van der Waals surface area contributed by atoms with Gasteiger partial charge in [-0.05, 0) is 6.92 Å². The van der Waals surface area contributed by atoms with Gasteiger partial charge in [0.15, 0.2) is 0 Å². The highest BCUT2D eigenvalue weighted by atomic mass is 32.2. The molecule has 0 aliphatic rings. The van der Waals surface area contributed by atoms with Crippen LogP contribution in [0.3, 0.4) is 0 Å². The van der Waals surface area contributed by atoms with Gasteiger partial charge in [0.25, 0.3) is 6.43 Å². The van der Waals surface area contributed by atoms with E-state index >= 15 is 0 Å². The Balaban J connectivity index is 3.58. The molecule has 1 atom stereocenters. The summed E-state index contributed by atoms with van der Waals surface area (Å²) in [5.74, 6) is -0.107. The van der Waals surface area contributed by atoms with Crippen LogP contribution < -0.4 is 5.32 Å². The molecule has 1 N–H and O–H groups in total. The molecule has 0 bridgehead atoms. The van der Waals surface area contributed by atoms with Gasteiger partial charge in [-0.15, -0.1) is 0 Å². The standard InChI is InChI=1S/C6H13F2NO2S/c1-5(6(7)8)9-3-4-12(2,10)11/h5-6,9H,3-4H2,1-2H3. The fourth-order valence-corrected chi connectivity index (χ4v) is 1.05. The molecule has 0 spiro atoms. The minimum Gasteiger partial charge on any atom is -0.308 e. The van der Waals surface area contributed by atoms with Crippen LogP contribution in [-0.2, 0) is 9.84 Å². The topological polar surface area (TPSA) is 46.2 Å². The van der Waals surface area contributed by atoms with Crippen molar-refractivity contribution in [2.45, 2.75) is 19.4 Å². The van der Waals surface area contributed by atoms with E-state index in [0.29, 0.717) is 0 Å². The Hall–Kier alpha value is -0.230. The molecule has 0 saturated heterocycles. The van der Waals surface area contributed by atoms with E-state index in [9.17, 15) is 17.2 Å². The second kappa shape index (κ2) is 4.71. The van der Waals surface area contributed by atoms with E-state index in [2.05, 4.69) is 5.32 Å². The highest BCUT2D eigenvalue weighted by Gasteiger charge is 2.13. The lowest BCUT2D eigenvalue weighted by Gasteiger charge is -2.11. The molecule has 0 aromatic carbocycles. The first-order valence-electron chi connectivity index (χ1n) is 3.52. The fraction of sp³-hybridized carbons (Fsp3) is 1.00. The molecule has 0 heterocycles. The monoisotopic (exact) mass is 201 g/mol. The van der Waals surface area contributed by atoms with E-state index in [-0.39, 0.29) is 12.3 Å². The van der Waals surface area contributed by atoms with Crippen molar-refractivity contribution in [3.8, 4) is 0 Å². The van der Waals surface area contributed by atoms with Gasteiger partial charge in [-0.25, -0.2) is 17.2 Å². The van der Waals surface area contributed by atoms with Crippen LogP contribution >= 0.6 is 0 Å². The van der Waals surface area contributed by atoms with Crippen LogP contribution in [0.2, 0.25) is 0 Å². The van der Waals surface area contributed by atoms with E-state index < -0.39 is 22.3 Å². The number of hydrogen-bond donors (Lipinski definition) is 1. The number of hydrogen-bond acceptors (Lipinski definition) is 3. The highest BCUT2D eigenvalue weighted by Crippen LogP contribution is 1.98. The van der Waals surface area contributed by atoms with E-state index in [4.69, 9.17) is 0 Å². The van der Waals surface area contributed by atoms with Gasteiger partial charge in [0.2, 0.25) is 0 Å². The van der Waals surface area contributed by atoms with Crippen molar-refractivity contribution in [2.75, 3.05) is 18.6 Å². The summed E-state index contributed by atoms with van der Waals surface area (Å²) in [7, 11) is -3.05. The molecule has 6 heteroatoms. The van der Waals surface area contributed by atoms with Crippen molar-refractivity contribution in [1.29, 1.82) is 0 Å². The van der Waals surface area contributed by atoms with Crippen LogP contribution in [0, 0.1) is 0 Å². The second-order valence-corrected chi connectivity index (χ2v) is 4.97. The van der Waals surface area contributed by atoms with E-state index in [1.807, 2.05) is 0 Å². The lowest BCUT2D eigenvalue weighted by molar-refractivity contribution is 0.107. The zero-order valence-corrected chi connectivity index (χ0v) is 7.87. The first-order chi connectivity index (χ1) is 5.33. The molecule has 0 fully saturated rings. The minimum absolute atomic E-state index is 0.0737. The molecule has 1 unspecified atom stereocenters. The van der Waals surface area contributed by atoms with Crippen molar-refractivity contribution < 1.29 is 17.2 Å². The summed E-state index contributed by atoms with van der Waals surface area (Å²) in [5.41, 5.74) is 0. The van der Waals surface area contributed by atoms with E-state index in [1.165, 1.54) is 6.92 Å². The summed E-state index contributed by atoms with van der Waals surface area (Å²) in [4.78, 5) is 0. The zero-order valence-electron chi connectivity index (χ0n) is 7.05. The van der Waals surface area contributed by atoms with E-state index in [0.717, 1.165) is 6.26 Å². The van der Waals surface area contributed by atoms with Gasteiger partial charge in [-0.1, -0.05) is 0 Å². The van der Waals surface area contributed by atoms with E-state index in [1.54, 1.807) is 0 Å². The smallest absolute Gasteiger partial charge is 0.253 e. The molecule has 0 radical (unpaired) electrons. The maximum absolute atomic E-state index is 11.8. The maximum Gasteiger partial charge on any atom is 0.253 e. The van der Waals surface area contributed by atoms with Gasteiger partial charge in [0.05, 0.1) is 11.8 Å². The number of alkyl halides is 2. The normalized spacial score (nSPS) is 15.1. The van der Waals surface area contributed by atoms with Gasteiger partial charge in [0.1, 0.15) is 9.84 Å². The third kappa shape index (κ3) is 6.48. The molecule has 0 aromatic rings. The second-order valence-electron chi connectivity index (χ2n) is 2.71. The molecule has 12 heavy (non-hydrogen) atoms. The Morgan fingerprint density at radius 3 is 2.25 bits per heavy atom. The van der Waals surface area contributed by atoms with Gasteiger partial charge >= 0.3 is 0 Å². The van der Waals surface area contributed by atoms with Crippen LogP contribution in [0.1, 0.15) is 6.92 Å². The summed E-state index contributed by atoms with van der Waals surface area (Å²) in [5, 5.41) is 2.41. The molecular formula is C6H13F2NO2S. The summed E-state index contributed by atoms with van der Waals surface area (Å²) >= 11 is 0. The van der Waals surface area contributed by atoms with Crippen molar-refractivity contribution >= 4 is 9.84 Å². The molecule has 74 valence electrons. The predicted octanol–water partition coefficient (Wildman–Crippen LogP) is 0.274. The van der Waals surface area contributed by atoms with Crippen LogP contribution in [0.5, 0.6) is 0 Å². The Morgan fingerprint density at radius 1 is 1.42 bits per heavy atom. The molecule has 0 aromatic heterocycles. The molecule has 0 aliphatic heterocycles. The van der Waals surface area contributed by atoms with Gasteiger partial charge in [0, 0.05) is 12.8 Å². The minimum atomic E-state index is -3.05. The van der Waals surface area contributed by atoms with Crippen LogP contribution in [0.4, 0.5) is 8.78 Å². The average molecular weight is 201 g/mol. The predicted molar refractivity (Wildman–Crippen MR) is 43.2 cm³/mol. The van der Waals surface area contributed by atoms with Crippen molar-refractivity contribution in [1.82, 2.24) is 5.32 Å². The van der Waals surface area contributed by atoms with Crippen LogP contribution in [-0.4, -0.2) is 39.4 Å². The Kier molecular flexibility index (Phi) is 4.62. The third-order valence-electron chi connectivity index (χ3n) is 1.32. The molecule has 0 saturated carbocycles. The Labute approximate surface area is 71.1 Å². The lowest BCUT2D eigenvalue weighted by Crippen LogP contribution is -2.35. The van der Waals surface area contributed by atoms with Crippen LogP contribution in [0.15, 0.2) is 0 Å². The summed E-state index contributed by atoms with van der Waals surface area (Å²) in [6, 6.07) is -0.952. The summed E-state index contributed by atoms with van der Waals surface area (Å²) < 4.78 is 44.8. The lowest BCUT2D eigenvalue weighted by atomic mass is 10.3. The number of halogens is 2. The van der Waals surface area contributed by atoms with Crippen LogP contribution in [0.25, 0.3) is 0 Å². The van der Waals surface area contributed by atoms with Crippen molar-refractivity contribution in [3.05, 3.63) is 0 Å². The first kappa shape index (κ1) is 11.8. The number of rotatable bonds is 5. The molecule has 3 nitrogen and oxygen atoms in total. The van der Waals surface area contributed by atoms with Gasteiger partial charge in [-0.3, -0.25) is 0 Å². The number of nitrogens with one attached hydrogen (secondary N) is 1. The zero-order chi connectivity index (χ0) is 9.78. The molecule has 0 rings (SSSR count). The summed E-state index contributed by atoms with van der Waals surface area (Å²) in [6.07, 6.45) is -1.38. The quantitative estimate of drug-likeness (QED) is 0.694. The molecule has 0 aliphatic carbocycles. The maximum atomic E-state index is 11.8. The largest absolute Gasteiger partial charge is 0.308 e.